The van der Waals surface area contributed by atoms with E-state index in [0.717, 1.165) is 24.2 Å². The molecule has 0 aliphatic rings. The molecule has 0 aliphatic heterocycles. The van der Waals surface area contributed by atoms with Crippen LogP contribution >= 0.6 is 0 Å². The summed E-state index contributed by atoms with van der Waals surface area (Å²) in [6, 6.07) is 26.2. The van der Waals surface area contributed by atoms with Gasteiger partial charge in [0.1, 0.15) is 5.75 Å². The Bertz CT molecular complexity index is 1000. The van der Waals surface area contributed by atoms with Crippen LogP contribution in [0, 0.1) is 6.07 Å². The first-order valence-corrected chi connectivity index (χ1v) is 10.6. The highest BCUT2D eigenvalue weighted by Crippen LogP contribution is 2.18. The molecule has 4 nitrogen and oxygen atoms in total. The van der Waals surface area contributed by atoms with Crippen LogP contribution < -0.4 is 9.46 Å². The second-order valence-corrected chi connectivity index (χ2v) is 7.85. The molecule has 3 rings (SSSR count). The number of sulfonamides is 1. The lowest BCUT2D eigenvalue weighted by molar-refractivity contribution is 0.311. The van der Waals surface area contributed by atoms with Crippen molar-refractivity contribution in [1.29, 1.82) is 0 Å². The number of hydrogen-bond donors (Lipinski definition) is 1. The van der Waals surface area contributed by atoms with Crippen molar-refractivity contribution in [3.63, 3.8) is 0 Å². The van der Waals surface area contributed by atoms with Gasteiger partial charge >= 0.3 is 0 Å². The minimum Gasteiger partial charge on any atom is -0.493 e. The van der Waals surface area contributed by atoms with Gasteiger partial charge in [0.05, 0.1) is 11.5 Å². The van der Waals surface area contributed by atoms with E-state index >= 15 is 0 Å². The molecule has 0 saturated carbocycles. The summed E-state index contributed by atoms with van der Waals surface area (Å²) < 4.78 is 33.1. The lowest BCUT2D eigenvalue weighted by Gasteiger charge is -2.08. The van der Waals surface area contributed by atoms with E-state index in [1.165, 1.54) is 0 Å². The number of rotatable bonds is 9. The minimum atomic E-state index is -3.58. The van der Waals surface area contributed by atoms with Crippen LogP contribution in [0.3, 0.4) is 0 Å². The van der Waals surface area contributed by atoms with Crippen LogP contribution in [0.15, 0.2) is 89.8 Å². The second kappa shape index (κ2) is 9.76. The lowest BCUT2D eigenvalue weighted by Crippen LogP contribution is -2.12. The molecule has 5 heteroatoms. The highest BCUT2D eigenvalue weighted by Gasteiger charge is 2.13. The molecular formula is C23H22NO3S. The zero-order valence-electron chi connectivity index (χ0n) is 15.4. The van der Waals surface area contributed by atoms with Gasteiger partial charge in [-0.25, -0.2) is 8.42 Å². The van der Waals surface area contributed by atoms with E-state index in [1.807, 2.05) is 48.5 Å². The Morgan fingerprint density at radius 2 is 1.79 bits per heavy atom. The van der Waals surface area contributed by atoms with Crippen molar-refractivity contribution in [2.24, 2.45) is 0 Å². The van der Waals surface area contributed by atoms with Crippen LogP contribution in [0.5, 0.6) is 5.75 Å². The number of unbranched alkanes of at least 4 members (excludes halogenated alkanes) is 1. The molecule has 3 aromatic carbocycles. The lowest BCUT2D eigenvalue weighted by atomic mass is 10.1. The van der Waals surface area contributed by atoms with Gasteiger partial charge in [-0.05, 0) is 48.7 Å². The Hall–Kier alpha value is -3.05. The summed E-state index contributed by atoms with van der Waals surface area (Å²) in [6.45, 7) is 0.627. The van der Waals surface area contributed by atoms with Gasteiger partial charge < -0.3 is 4.74 Å². The number of hydrogen-bond acceptors (Lipinski definition) is 3. The number of ether oxygens (including phenoxy) is 1. The number of allylic oxidation sites excluding steroid dienone is 1. The zero-order valence-corrected chi connectivity index (χ0v) is 16.2. The Morgan fingerprint density at radius 1 is 0.964 bits per heavy atom. The molecule has 28 heavy (non-hydrogen) atoms. The molecule has 0 unspecified atom stereocenters. The highest BCUT2D eigenvalue weighted by atomic mass is 32.2. The summed E-state index contributed by atoms with van der Waals surface area (Å²) in [5, 5.41) is 0. The van der Waals surface area contributed by atoms with Crippen LogP contribution in [0.1, 0.15) is 18.4 Å². The Labute approximate surface area is 166 Å². The molecule has 0 atom stereocenters. The third-order valence-electron chi connectivity index (χ3n) is 3.96. The van der Waals surface area contributed by atoms with Gasteiger partial charge in [0.2, 0.25) is 0 Å². The second-order valence-electron chi connectivity index (χ2n) is 6.16. The van der Waals surface area contributed by atoms with Gasteiger partial charge in [0, 0.05) is 11.8 Å². The fraction of sp³-hybridized carbons (Fsp3) is 0.130. The minimum absolute atomic E-state index is 0.242. The molecule has 143 valence electrons. The quantitative estimate of drug-likeness (QED) is 0.512. The first-order chi connectivity index (χ1) is 13.6. The number of para-hydroxylation sites is 1. The van der Waals surface area contributed by atoms with Crippen molar-refractivity contribution in [1.82, 2.24) is 0 Å². The van der Waals surface area contributed by atoms with Gasteiger partial charge in [-0.3, -0.25) is 4.72 Å². The maximum Gasteiger partial charge on any atom is 0.261 e. The van der Waals surface area contributed by atoms with E-state index in [1.54, 1.807) is 36.4 Å². The molecule has 1 N–H and O–H groups in total. The van der Waals surface area contributed by atoms with Crippen LogP contribution in [0.25, 0.3) is 6.08 Å². The smallest absolute Gasteiger partial charge is 0.261 e. The zero-order chi connectivity index (χ0) is 19.7. The summed E-state index contributed by atoms with van der Waals surface area (Å²) in [4.78, 5) is 0.242. The summed E-state index contributed by atoms with van der Waals surface area (Å²) in [5.74, 6) is 0.755. The molecule has 1 radical (unpaired) electrons. The molecule has 3 aromatic rings. The third-order valence-corrected chi connectivity index (χ3v) is 5.35. The molecule has 0 aromatic heterocycles. The monoisotopic (exact) mass is 392 g/mol. The van der Waals surface area contributed by atoms with Gasteiger partial charge in [-0.2, -0.15) is 0 Å². The standard InChI is InChI=1S/C23H22NO3S/c25-28(26,23-16-7-2-8-17-23)24-21-13-10-12-20(19-21)11-4-3-9-18-27-22-14-5-1-6-15-22/h1-2,4-8,10-14,16-17,19,24H,3,9,18H2/b11-4-. The number of nitrogens with one attached hydrogen (secondary N) is 1. The summed E-state index contributed by atoms with van der Waals surface area (Å²) in [7, 11) is -3.58. The van der Waals surface area contributed by atoms with Crippen LogP contribution in [0.4, 0.5) is 5.69 Å². The third kappa shape index (κ3) is 5.99. The van der Waals surface area contributed by atoms with E-state index in [2.05, 4.69) is 16.9 Å². The van der Waals surface area contributed by atoms with Gasteiger partial charge in [0.15, 0.2) is 0 Å². The fourth-order valence-electron chi connectivity index (χ4n) is 2.59. The van der Waals surface area contributed by atoms with E-state index in [-0.39, 0.29) is 4.90 Å². The topological polar surface area (TPSA) is 55.4 Å². The molecule has 0 aliphatic carbocycles. The van der Waals surface area contributed by atoms with Crippen molar-refractivity contribution in [2.75, 3.05) is 11.3 Å². The maximum absolute atomic E-state index is 12.4. The summed E-state index contributed by atoms with van der Waals surface area (Å²) >= 11 is 0. The van der Waals surface area contributed by atoms with E-state index in [4.69, 9.17) is 4.74 Å². The molecule has 0 spiro atoms. The predicted octanol–water partition coefficient (Wildman–Crippen LogP) is 5.16. The average molecular weight is 392 g/mol. The summed E-state index contributed by atoms with van der Waals surface area (Å²) in [5.41, 5.74) is 1.47. The van der Waals surface area contributed by atoms with Crippen molar-refractivity contribution >= 4 is 21.8 Å². The number of benzene rings is 3. The first kappa shape index (κ1) is 19.7. The van der Waals surface area contributed by atoms with Gasteiger partial charge in [-0.15, -0.1) is 0 Å². The van der Waals surface area contributed by atoms with Crippen molar-refractivity contribution < 1.29 is 13.2 Å². The molecule has 0 bridgehead atoms. The van der Waals surface area contributed by atoms with Crippen LogP contribution in [0.2, 0.25) is 0 Å². The Morgan fingerprint density at radius 3 is 2.57 bits per heavy atom. The molecule has 0 fully saturated rings. The molecule has 0 saturated heterocycles. The molecular weight excluding hydrogens is 370 g/mol. The van der Waals surface area contributed by atoms with Gasteiger partial charge in [-0.1, -0.05) is 60.7 Å². The van der Waals surface area contributed by atoms with Crippen molar-refractivity contribution in [2.45, 2.75) is 17.7 Å². The molecule has 0 heterocycles. The Kier molecular flexibility index (Phi) is 6.87. The number of anilines is 1. The fourth-order valence-corrected chi connectivity index (χ4v) is 3.66. The largest absolute Gasteiger partial charge is 0.493 e. The van der Waals surface area contributed by atoms with Crippen LogP contribution in [-0.4, -0.2) is 15.0 Å². The summed E-state index contributed by atoms with van der Waals surface area (Å²) in [6.07, 6.45) is 5.80. The molecule has 0 amide bonds. The van der Waals surface area contributed by atoms with Gasteiger partial charge in [0.25, 0.3) is 10.0 Å². The first-order valence-electron chi connectivity index (χ1n) is 9.07. The van der Waals surface area contributed by atoms with Crippen LogP contribution in [-0.2, 0) is 10.0 Å². The van der Waals surface area contributed by atoms with Crippen molar-refractivity contribution in [3.8, 4) is 5.75 Å². The Balaban J connectivity index is 1.51. The SMILES string of the molecule is O=S(=O)(Nc1cccc(/C=C\CCCOc2[c]cccc2)c1)c1ccccc1. The normalized spacial score (nSPS) is 11.4. The highest BCUT2D eigenvalue weighted by molar-refractivity contribution is 7.92. The maximum atomic E-state index is 12.4. The van der Waals surface area contributed by atoms with Crippen molar-refractivity contribution in [3.05, 3.63) is 96.6 Å². The van der Waals surface area contributed by atoms with E-state index in [9.17, 15) is 8.42 Å². The van der Waals surface area contributed by atoms with E-state index in [0.29, 0.717) is 12.3 Å². The van der Waals surface area contributed by atoms with E-state index < -0.39 is 10.0 Å². The average Bonchev–Trinajstić information content (AvgIpc) is 2.72. The predicted molar refractivity (Wildman–Crippen MR) is 113 cm³/mol.